The van der Waals surface area contributed by atoms with E-state index in [4.69, 9.17) is 9.47 Å². The number of carbonyl (C=O) groups is 1. The lowest BCUT2D eigenvalue weighted by Gasteiger charge is -2.04. The maximum atomic E-state index is 11.9. The topological polar surface area (TPSA) is 48.4 Å². The average molecular weight is 313 g/mol. The van der Waals surface area contributed by atoms with E-state index in [1.807, 2.05) is 48.5 Å². The van der Waals surface area contributed by atoms with Gasteiger partial charge in [-0.3, -0.25) is 4.79 Å². The lowest BCUT2D eigenvalue weighted by Crippen LogP contribution is -2.07. The van der Waals surface area contributed by atoms with E-state index in [-0.39, 0.29) is 19.0 Å². The fourth-order valence-electron chi connectivity index (χ4n) is 2.08. The molecule has 0 saturated heterocycles. The van der Waals surface area contributed by atoms with Crippen LogP contribution in [0.25, 0.3) is 10.2 Å². The normalized spacial score (nSPS) is 10.6. The van der Waals surface area contributed by atoms with Crippen molar-refractivity contribution in [3.8, 4) is 5.75 Å². The molecule has 0 amide bonds. The van der Waals surface area contributed by atoms with Crippen LogP contribution < -0.4 is 4.74 Å². The molecule has 2 aromatic carbocycles. The maximum Gasteiger partial charge on any atom is 0.310 e. The zero-order chi connectivity index (χ0) is 15.4. The van der Waals surface area contributed by atoms with Gasteiger partial charge in [0.2, 0.25) is 0 Å². The largest absolute Gasteiger partial charge is 0.497 e. The van der Waals surface area contributed by atoms with E-state index in [1.54, 1.807) is 18.4 Å². The molecule has 0 bridgehead atoms. The molecule has 0 radical (unpaired) electrons. The highest BCUT2D eigenvalue weighted by atomic mass is 32.1. The second-order valence-electron chi connectivity index (χ2n) is 4.76. The third kappa shape index (κ3) is 3.43. The highest BCUT2D eigenvalue weighted by Crippen LogP contribution is 2.22. The summed E-state index contributed by atoms with van der Waals surface area (Å²) in [7, 11) is 1.61. The first kappa shape index (κ1) is 14.5. The van der Waals surface area contributed by atoms with Gasteiger partial charge in [-0.1, -0.05) is 24.3 Å². The minimum absolute atomic E-state index is 0.217. The minimum Gasteiger partial charge on any atom is -0.497 e. The van der Waals surface area contributed by atoms with Crippen LogP contribution in [-0.4, -0.2) is 18.1 Å². The smallest absolute Gasteiger partial charge is 0.310 e. The van der Waals surface area contributed by atoms with Crippen molar-refractivity contribution in [2.75, 3.05) is 7.11 Å². The second-order valence-corrected chi connectivity index (χ2v) is 5.88. The minimum atomic E-state index is -0.260. The van der Waals surface area contributed by atoms with Gasteiger partial charge in [0, 0.05) is 0 Å². The van der Waals surface area contributed by atoms with Crippen LogP contribution in [0, 0.1) is 0 Å². The molecule has 0 N–H and O–H groups in total. The Balaban J connectivity index is 1.57. The molecule has 0 aliphatic carbocycles. The molecular formula is C17H15NO3S. The highest BCUT2D eigenvalue weighted by Gasteiger charge is 2.08. The Kier molecular flexibility index (Phi) is 4.34. The van der Waals surface area contributed by atoms with Gasteiger partial charge in [0.15, 0.2) is 0 Å². The summed E-state index contributed by atoms with van der Waals surface area (Å²) in [4.78, 5) is 16.3. The number of para-hydroxylation sites is 1. The molecule has 0 unspecified atom stereocenters. The van der Waals surface area contributed by atoms with Crippen molar-refractivity contribution in [2.24, 2.45) is 0 Å². The van der Waals surface area contributed by atoms with Gasteiger partial charge in [-0.25, -0.2) is 4.98 Å². The second kappa shape index (κ2) is 6.58. The Morgan fingerprint density at radius 3 is 2.64 bits per heavy atom. The van der Waals surface area contributed by atoms with Gasteiger partial charge in [0.25, 0.3) is 0 Å². The van der Waals surface area contributed by atoms with Crippen molar-refractivity contribution in [1.82, 2.24) is 4.98 Å². The number of hydrogen-bond donors (Lipinski definition) is 0. The molecule has 1 aromatic heterocycles. The summed E-state index contributed by atoms with van der Waals surface area (Å²) >= 11 is 1.55. The van der Waals surface area contributed by atoms with Gasteiger partial charge < -0.3 is 9.47 Å². The predicted octanol–water partition coefficient (Wildman–Crippen LogP) is 3.59. The van der Waals surface area contributed by atoms with Gasteiger partial charge in [-0.15, -0.1) is 11.3 Å². The molecular weight excluding hydrogens is 298 g/mol. The van der Waals surface area contributed by atoms with E-state index < -0.39 is 0 Å². The molecule has 0 aliphatic rings. The first-order valence-electron chi connectivity index (χ1n) is 6.87. The van der Waals surface area contributed by atoms with Crippen molar-refractivity contribution in [2.45, 2.75) is 13.0 Å². The quantitative estimate of drug-likeness (QED) is 0.675. The maximum absolute atomic E-state index is 11.9. The van der Waals surface area contributed by atoms with E-state index in [0.717, 1.165) is 26.5 Å². The Morgan fingerprint density at radius 2 is 1.91 bits per heavy atom. The first-order chi connectivity index (χ1) is 10.7. The number of thiazole rings is 1. The molecule has 1 heterocycles. The number of methoxy groups -OCH3 is 1. The Morgan fingerprint density at radius 1 is 1.14 bits per heavy atom. The van der Waals surface area contributed by atoms with Crippen molar-refractivity contribution in [1.29, 1.82) is 0 Å². The lowest BCUT2D eigenvalue weighted by atomic mass is 10.1. The van der Waals surface area contributed by atoms with Gasteiger partial charge in [0.05, 0.1) is 23.7 Å². The van der Waals surface area contributed by atoms with E-state index in [1.165, 1.54) is 0 Å². The summed E-state index contributed by atoms with van der Waals surface area (Å²) in [6.07, 6.45) is 0.245. The molecule has 0 saturated carbocycles. The Labute approximate surface area is 132 Å². The molecule has 112 valence electrons. The number of ether oxygens (including phenoxy) is 2. The molecule has 0 aliphatic heterocycles. The summed E-state index contributed by atoms with van der Waals surface area (Å²) in [6, 6.07) is 15.3. The summed E-state index contributed by atoms with van der Waals surface area (Å²) in [5.74, 6) is 0.510. The standard InChI is InChI=1S/C17H15NO3S/c1-20-13-8-6-12(7-9-13)10-17(19)21-11-16-18-14-4-2-3-5-15(14)22-16/h2-9H,10-11H2,1H3. The van der Waals surface area contributed by atoms with Crippen LogP contribution in [0.3, 0.4) is 0 Å². The van der Waals surface area contributed by atoms with Crippen molar-refractivity contribution in [3.63, 3.8) is 0 Å². The predicted molar refractivity (Wildman–Crippen MR) is 86.1 cm³/mol. The molecule has 4 nitrogen and oxygen atoms in total. The summed E-state index contributed by atoms with van der Waals surface area (Å²) in [5.41, 5.74) is 1.84. The number of benzene rings is 2. The zero-order valence-electron chi connectivity index (χ0n) is 12.1. The Bertz CT molecular complexity index is 747. The fraction of sp³-hybridized carbons (Fsp3) is 0.176. The molecule has 22 heavy (non-hydrogen) atoms. The number of rotatable bonds is 5. The van der Waals surface area contributed by atoms with Crippen LogP contribution in [0.2, 0.25) is 0 Å². The monoisotopic (exact) mass is 313 g/mol. The highest BCUT2D eigenvalue weighted by molar-refractivity contribution is 7.18. The van der Waals surface area contributed by atoms with Crippen molar-refractivity contribution >= 4 is 27.5 Å². The van der Waals surface area contributed by atoms with Crippen LogP contribution >= 0.6 is 11.3 Å². The number of nitrogens with zero attached hydrogens (tertiary/aromatic N) is 1. The third-order valence-corrected chi connectivity index (χ3v) is 4.21. The molecule has 0 atom stereocenters. The first-order valence-corrected chi connectivity index (χ1v) is 7.69. The van der Waals surface area contributed by atoms with Gasteiger partial charge >= 0.3 is 5.97 Å². The number of aromatic nitrogens is 1. The summed E-state index contributed by atoms with van der Waals surface area (Å²) in [6.45, 7) is 0.217. The average Bonchev–Trinajstić information content (AvgIpc) is 2.96. The van der Waals surface area contributed by atoms with E-state index in [9.17, 15) is 4.79 Å². The molecule has 5 heteroatoms. The molecule has 3 aromatic rings. The van der Waals surface area contributed by atoms with Crippen LogP contribution in [0.15, 0.2) is 48.5 Å². The van der Waals surface area contributed by atoms with E-state index in [0.29, 0.717) is 0 Å². The third-order valence-electron chi connectivity index (χ3n) is 3.20. The van der Waals surface area contributed by atoms with Gasteiger partial charge in [-0.05, 0) is 29.8 Å². The zero-order valence-corrected chi connectivity index (χ0v) is 12.9. The SMILES string of the molecule is COc1ccc(CC(=O)OCc2nc3ccccc3s2)cc1. The summed E-state index contributed by atoms with van der Waals surface area (Å²) in [5, 5.41) is 0.810. The van der Waals surface area contributed by atoms with Crippen LogP contribution in [0.5, 0.6) is 5.75 Å². The summed E-state index contributed by atoms with van der Waals surface area (Å²) < 4.78 is 11.5. The number of carbonyl (C=O) groups excluding carboxylic acids is 1. The van der Waals surface area contributed by atoms with Gasteiger partial charge in [0.1, 0.15) is 17.4 Å². The fourth-order valence-corrected chi connectivity index (χ4v) is 2.97. The molecule has 0 spiro atoms. The van der Waals surface area contributed by atoms with Crippen molar-refractivity contribution in [3.05, 3.63) is 59.1 Å². The van der Waals surface area contributed by atoms with Crippen LogP contribution in [0.1, 0.15) is 10.6 Å². The molecule has 0 fully saturated rings. The van der Waals surface area contributed by atoms with E-state index in [2.05, 4.69) is 4.98 Å². The molecule has 3 rings (SSSR count). The number of fused-ring (bicyclic) bond motifs is 1. The lowest BCUT2D eigenvalue weighted by molar-refractivity contribution is -0.144. The number of esters is 1. The van der Waals surface area contributed by atoms with Crippen LogP contribution in [-0.2, 0) is 22.6 Å². The van der Waals surface area contributed by atoms with Crippen molar-refractivity contribution < 1.29 is 14.3 Å². The Hall–Kier alpha value is -2.40. The van der Waals surface area contributed by atoms with E-state index >= 15 is 0 Å². The number of hydrogen-bond acceptors (Lipinski definition) is 5. The van der Waals surface area contributed by atoms with Crippen LogP contribution in [0.4, 0.5) is 0 Å². The van der Waals surface area contributed by atoms with Gasteiger partial charge in [-0.2, -0.15) is 0 Å².